The van der Waals surface area contributed by atoms with Crippen LogP contribution in [0.2, 0.25) is 0 Å². The van der Waals surface area contributed by atoms with E-state index in [1.165, 1.54) is 0 Å². The minimum absolute atomic E-state index is 0.0193. The molecule has 1 heterocycles. The molecule has 1 atom stereocenters. The zero-order chi connectivity index (χ0) is 5.98. The lowest BCUT2D eigenvalue weighted by atomic mass is 10.2. The van der Waals surface area contributed by atoms with Crippen molar-refractivity contribution in [3.8, 4) is 0 Å². The summed E-state index contributed by atoms with van der Waals surface area (Å²) in [5.41, 5.74) is 0. The van der Waals surface area contributed by atoms with Gasteiger partial charge in [0, 0.05) is 6.42 Å². The lowest BCUT2D eigenvalue weighted by Gasteiger charge is -1.99. The van der Waals surface area contributed by atoms with E-state index in [2.05, 4.69) is 5.32 Å². The van der Waals surface area contributed by atoms with Gasteiger partial charge in [0.15, 0.2) is 0 Å². The molecule has 0 aliphatic carbocycles. The standard InChI is InChI=1S/C5H8NO2/c7-3-4-1-2-5(8)6-4/h4H,1-3H2,(H,6,8). The van der Waals surface area contributed by atoms with Gasteiger partial charge in [-0.05, 0) is 6.42 Å². The second-order valence-electron chi connectivity index (χ2n) is 1.97. The molecule has 1 N–H and O–H groups in total. The molecule has 1 aliphatic heterocycles. The second kappa shape index (κ2) is 2.13. The topological polar surface area (TPSA) is 49.0 Å². The Labute approximate surface area is 47.7 Å². The molecule has 0 saturated carbocycles. The zero-order valence-electron chi connectivity index (χ0n) is 4.52. The average Bonchev–Trinajstić information content (AvgIpc) is 2.14. The van der Waals surface area contributed by atoms with Gasteiger partial charge in [-0.3, -0.25) is 4.79 Å². The number of carbonyl (C=O) groups is 1. The first-order valence-electron chi connectivity index (χ1n) is 2.70. The van der Waals surface area contributed by atoms with E-state index < -0.39 is 0 Å². The highest BCUT2D eigenvalue weighted by atomic mass is 16.3. The molecule has 0 spiro atoms. The van der Waals surface area contributed by atoms with Crippen LogP contribution in [0.25, 0.3) is 0 Å². The molecule has 1 fully saturated rings. The highest BCUT2D eigenvalue weighted by molar-refractivity contribution is 5.78. The highest BCUT2D eigenvalue weighted by Gasteiger charge is 2.19. The molecule has 3 heteroatoms. The fraction of sp³-hybridized carbons (Fsp3) is 0.800. The van der Waals surface area contributed by atoms with Crippen molar-refractivity contribution < 1.29 is 9.90 Å². The molecule has 3 nitrogen and oxygen atoms in total. The van der Waals surface area contributed by atoms with Crippen LogP contribution in [0.4, 0.5) is 0 Å². The maximum Gasteiger partial charge on any atom is 0.220 e. The van der Waals surface area contributed by atoms with Crippen LogP contribution < -0.4 is 5.32 Å². The third-order valence-electron chi connectivity index (χ3n) is 1.29. The fourth-order valence-corrected chi connectivity index (χ4v) is 0.802. The monoisotopic (exact) mass is 114 g/mol. The van der Waals surface area contributed by atoms with Crippen LogP contribution >= 0.6 is 0 Å². The Balaban J connectivity index is 2.32. The minimum Gasteiger partial charge on any atom is -0.351 e. The van der Waals surface area contributed by atoms with Crippen LogP contribution in [-0.2, 0) is 9.90 Å². The molecule has 1 rings (SSSR count). The van der Waals surface area contributed by atoms with Crippen molar-refractivity contribution >= 4 is 5.91 Å². The van der Waals surface area contributed by atoms with E-state index in [1.807, 2.05) is 0 Å². The van der Waals surface area contributed by atoms with E-state index in [0.717, 1.165) is 6.42 Å². The van der Waals surface area contributed by atoms with Gasteiger partial charge in [0.25, 0.3) is 0 Å². The average molecular weight is 114 g/mol. The van der Waals surface area contributed by atoms with Gasteiger partial charge in [0.2, 0.25) is 5.91 Å². The van der Waals surface area contributed by atoms with E-state index in [-0.39, 0.29) is 18.6 Å². The van der Waals surface area contributed by atoms with Gasteiger partial charge in [-0.25, -0.2) is 5.11 Å². The predicted molar refractivity (Wildman–Crippen MR) is 26.7 cm³/mol. The summed E-state index contributed by atoms with van der Waals surface area (Å²) in [4.78, 5) is 10.4. The third kappa shape index (κ3) is 0.980. The fourth-order valence-electron chi connectivity index (χ4n) is 0.802. The first kappa shape index (κ1) is 5.56. The molecule has 1 radical (unpaired) electrons. The summed E-state index contributed by atoms with van der Waals surface area (Å²) >= 11 is 0. The Morgan fingerprint density at radius 3 is 2.75 bits per heavy atom. The predicted octanol–water partition coefficient (Wildman–Crippen LogP) is -0.304. The van der Waals surface area contributed by atoms with Gasteiger partial charge in [-0.15, -0.1) is 0 Å². The summed E-state index contributed by atoms with van der Waals surface area (Å²) < 4.78 is 0. The summed E-state index contributed by atoms with van der Waals surface area (Å²) in [7, 11) is 0. The molecule has 0 aromatic heterocycles. The first-order valence-corrected chi connectivity index (χ1v) is 2.70. The normalized spacial score (nSPS) is 28.1. The number of hydrogen-bond acceptors (Lipinski definition) is 1. The maximum absolute atomic E-state index is 10.4. The quantitative estimate of drug-likeness (QED) is 0.499. The highest BCUT2D eigenvalue weighted by Crippen LogP contribution is 2.04. The van der Waals surface area contributed by atoms with Crippen molar-refractivity contribution in [1.82, 2.24) is 5.32 Å². The van der Waals surface area contributed by atoms with Crippen molar-refractivity contribution in [2.24, 2.45) is 0 Å². The minimum atomic E-state index is -0.175. The van der Waals surface area contributed by atoms with Crippen molar-refractivity contribution in [3.63, 3.8) is 0 Å². The van der Waals surface area contributed by atoms with Crippen LogP contribution in [-0.4, -0.2) is 18.6 Å². The Morgan fingerprint density at radius 2 is 2.50 bits per heavy atom. The van der Waals surface area contributed by atoms with Crippen LogP contribution in [0.1, 0.15) is 12.8 Å². The van der Waals surface area contributed by atoms with Crippen molar-refractivity contribution in [1.29, 1.82) is 0 Å². The van der Waals surface area contributed by atoms with Crippen molar-refractivity contribution in [2.45, 2.75) is 18.9 Å². The Hall–Kier alpha value is -0.570. The maximum atomic E-state index is 10.4. The van der Waals surface area contributed by atoms with Crippen molar-refractivity contribution in [3.05, 3.63) is 0 Å². The lowest BCUT2D eigenvalue weighted by Crippen LogP contribution is -2.27. The van der Waals surface area contributed by atoms with E-state index in [9.17, 15) is 9.90 Å². The molecular formula is C5H8NO2. The SMILES string of the molecule is [O]CC1CCC(=O)N1. The Kier molecular flexibility index (Phi) is 1.48. The van der Waals surface area contributed by atoms with Gasteiger partial charge in [0.1, 0.15) is 6.61 Å². The zero-order valence-corrected chi connectivity index (χ0v) is 4.52. The molecule has 8 heavy (non-hydrogen) atoms. The van der Waals surface area contributed by atoms with Gasteiger partial charge >= 0.3 is 0 Å². The van der Waals surface area contributed by atoms with Gasteiger partial charge in [0.05, 0.1) is 6.04 Å². The van der Waals surface area contributed by atoms with E-state index >= 15 is 0 Å². The number of rotatable bonds is 1. The van der Waals surface area contributed by atoms with Crippen LogP contribution in [0.5, 0.6) is 0 Å². The van der Waals surface area contributed by atoms with Crippen LogP contribution in [0, 0.1) is 0 Å². The Bertz CT molecular complexity index is 103. The van der Waals surface area contributed by atoms with E-state index in [1.54, 1.807) is 0 Å². The second-order valence-corrected chi connectivity index (χ2v) is 1.97. The van der Waals surface area contributed by atoms with Gasteiger partial charge < -0.3 is 5.32 Å². The van der Waals surface area contributed by atoms with Gasteiger partial charge in [-0.2, -0.15) is 0 Å². The van der Waals surface area contributed by atoms with Gasteiger partial charge in [-0.1, -0.05) is 0 Å². The number of nitrogens with one attached hydrogen (secondary N) is 1. The smallest absolute Gasteiger partial charge is 0.220 e. The molecule has 0 aromatic rings. The number of amides is 1. The summed E-state index contributed by atoms with van der Waals surface area (Å²) in [6.07, 6.45) is 1.26. The van der Waals surface area contributed by atoms with Crippen LogP contribution in [0.15, 0.2) is 0 Å². The number of hydrogen-bond donors (Lipinski definition) is 1. The van der Waals surface area contributed by atoms with E-state index in [4.69, 9.17) is 0 Å². The molecule has 1 aliphatic rings. The molecule has 1 saturated heterocycles. The van der Waals surface area contributed by atoms with E-state index in [0.29, 0.717) is 6.42 Å². The molecule has 1 unspecified atom stereocenters. The summed E-state index contributed by atoms with van der Waals surface area (Å²) in [6.45, 7) is -0.175. The molecule has 45 valence electrons. The lowest BCUT2D eigenvalue weighted by molar-refractivity contribution is -0.119. The van der Waals surface area contributed by atoms with Crippen LogP contribution in [0.3, 0.4) is 0 Å². The molecule has 0 aromatic carbocycles. The summed E-state index contributed by atoms with van der Waals surface area (Å²) in [5.74, 6) is 0.0193. The summed E-state index contributed by atoms with van der Waals surface area (Å²) in [6, 6.07) is -0.0810. The first-order chi connectivity index (χ1) is 3.83. The molecule has 1 amide bonds. The summed E-state index contributed by atoms with van der Waals surface area (Å²) in [5, 5.41) is 12.6. The number of carbonyl (C=O) groups excluding carboxylic acids is 1. The van der Waals surface area contributed by atoms with Crippen molar-refractivity contribution in [2.75, 3.05) is 6.61 Å². The Morgan fingerprint density at radius 1 is 1.75 bits per heavy atom. The largest absolute Gasteiger partial charge is 0.351 e. The third-order valence-corrected chi connectivity index (χ3v) is 1.29. The molecule has 0 bridgehead atoms. The molecular weight excluding hydrogens is 106 g/mol.